The topological polar surface area (TPSA) is 215 Å². The van der Waals surface area contributed by atoms with Crippen LogP contribution in [0.25, 0.3) is 0 Å². The number of aliphatic imine (C=N–C) groups is 1. The number of ether oxygens (including phenoxy) is 5. The second-order valence-corrected chi connectivity index (χ2v) is 11.5. The highest BCUT2D eigenvalue weighted by Gasteiger charge is 2.61. The molecule has 0 saturated carbocycles. The number of nitrogens with zero attached hydrogens (tertiary/aromatic N) is 2. The molecule has 1 aromatic carbocycles. The highest BCUT2D eigenvalue weighted by Crippen LogP contribution is 2.43. The maximum absolute atomic E-state index is 12.5. The monoisotopic (exact) mass is 615 g/mol. The Morgan fingerprint density at radius 3 is 2.00 bits per heavy atom. The van der Waals surface area contributed by atoms with Crippen LogP contribution in [0.1, 0.15) is 70.6 Å². The molecule has 5 aliphatic heterocycles. The van der Waals surface area contributed by atoms with Crippen LogP contribution in [0.3, 0.4) is 0 Å². The normalized spacial score (nSPS) is 34.4. The van der Waals surface area contributed by atoms with Crippen LogP contribution < -0.4 is 11.4 Å². The summed E-state index contributed by atoms with van der Waals surface area (Å²) >= 11 is 0. The molecule has 244 valence electrons. The number of imide groups is 1. The summed E-state index contributed by atoms with van der Waals surface area (Å²) in [6, 6.07) is 6.69. The van der Waals surface area contributed by atoms with Crippen LogP contribution in [0.15, 0.2) is 29.3 Å². The molecule has 15 nitrogen and oxygen atoms in total. The Hall–Kier alpha value is -2.41. The molecule has 0 bridgehead atoms. The van der Waals surface area contributed by atoms with E-state index < -0.39 is 41.8 Å². The summed E-state index contributed by atoms with van der Waals surface area (Å²) in [7, 11) is 0. The van der Waals surface area contributed by atoms with Gasteiger partial charge in [0.15, 0.2) is 17.4 Å². The average Bonchev–Trinajstić information content (AvgIpc) is 3.58. The van der Waals surface area contributed by atoms with Crippen LogP contribution in [-0.4, -0.2) is 117 Å². The highest BCUT2D eigenvalue weighted by molar-refractivity contribution is 6.21. The maximum Gasteiger partial charge on any atom is 0.261 e. The summed E-state index contributed by atoms with van der Waals surface area (Å²) in [6.07, 6.45) is -2.83. The Morgan fingerprint density at radius 2 is 1.49 bits per heavy atom. The van der Waals surface area contributed by atoms with Crippen LogP contribution in [0.4, 0.5) is 0 Å². The smallest absolute Gasteiger partial charge is 0.261 e. The molecule has 6 rings (SSSR count). The lowest BCUT2D eigenvalue weighted by atomic mass is 10.0. The van der Waals surface area contributed by atoms with Gasteiger partial charge in [0.05, 0.1) is 24.2 Å². The Bertz CT molecular complexity index is 1150. The first-order valence-corrected chi connectivity index (χ1v) is 14.0. The van der Waals surface area contributed by atoms with Gasteiger partial charge in [-0.2, -0.15) is 0 Å². The fraction of sp³-hybridized carbons (Fsp3) is 0.679. The number of hydrogen-bond donors (Lipinski definition) is 6. The zero-order valence-electron chi connectivity index (χ0n) is 25.5. The van der Waals surface area contributed by atoms with Crippen molar-refractivity contribution in [1.29, 1.82) is 0 Å². The number of amides is 2. The fourth-order valence-electron chi connectivity index (χ4n) is 5.47. The van der Waals surface area contributed by atoms with Gasteiger partial charge in [-0.3, -0.25) is 19.5 Å². The lowest BCUT2D eigenvalue weighted by molar-refractivity contribution is -0.265. The Kier molecular flexibility index (Phi) is 11.2. The van der Waals surface area contributed by atoms with E-state index in [-0.39, 0.29) is 38.6 Å². The van der Waals surface area contributed by atoms with E-state index in [2.05, 4.69) is 10.8 Å². The molecule has 5 aliphatic rings. The minimum atomic E-state index is -1.54. The van der Waals surface area contributed by atoms with Gasteiger partial charge in [-0.05, 0) is 60.6 Å². The van der Waals surface area contributed by atoms with Gasteiger partial charge < -0.3 is 44.2 Å². The van der Waals surface area contributed by atoms with Crippen molar-refractivity contribution in [3.8, 4) is 0 Å². The van der Waals surface area contributed by atoms with E-state index in [1.54, 1.807) is 45.0 Å². The van der Waals surface area contributed by atoms with E-state index in [9.17, 15) is 19.8 Å². The molecular formula is C28H46N4O11. The molecule has 5 heterocycles. The number of benzene rings is 1. The van der Waals surface area contributed by atoms with Crippen LogP contribution in [0.5, 0.6) is 0 Å². The summed E-state index contributed by atoms with van der Waals surface area (Å²) in [5.41, 5.74) is 2.93. The molecule has 0 spiro atoms. The molecule has 1 unspecified atom stereocenters. The van der Waals surface area contributed by atoms with Crippen LogP contribution in [0, 0.1) is 0 Å². The van der Waals surface area contributed by atoms with Gasteiger partial charge in [0, 0.05) is 13.7 Å². The van der Waals surface area contributed by atoms with Crippen molar-refractivity contribution in [3.63, 3.8) is 0 Å². The third-order valence-corrected chi connectivity index (χ3v) is 7.10. The third-order valence-electron chi connectivity index (χ3n) is 7.10. The molecule has 0 aliphatic carbocycles. The summed E-state index contributed by atoms with van der Waals surface area (Å²) in [6.45, 7) is 13.0. The number of nitrogens with one attached hydrogen (secondary N) is 1. The van der Waals surface area contributed by atoms with E-state index in [1.807, 2.05) is 20.8 Å². The highest BCUT2D eigenvalue weighted by atomic mass is 16.8. The molecule has 43 heavy (non-hydrogen) atoms. The van der Waals surface area contributed by atoms with Gasteiger partial charge in [-0.1, -0.05) is 12.1 Å². The molecule has 3 saturated heterocycles. The predicted octanol–water partition coefficient (Wildman–Crippen LogP) is 0.335. The molecule has 1 aromatic rings. The van der Waals surface area contributed by atoms with Gasteiger partial charge in [-0.15, -0.1) is 5.59 Å². The van der Waals surface area contributed by atoms with Gasteiger partial charge in [0.1, 0.15) is 36.6 Å². The number of hydrazine groups is 1. The van der Waals surface area contributed by atoms with Crippen molar-refractivity contribution in [3.05, 3.63) is 35.4 Å². The van der Waals surface area contributed by atoms with Crippen molar-refractivity contribution < 1.29 is 55.2 Å². The lowest BCUT2D eigenvalue weighted by Gasteiger charge is -2.28. The second-order valence-electron chi connectivity index (χ2n) is 11.5. The van der Waals surface area contributed by atoms with Crippen molar-refractivity contribution in [2.45, 2.75) is 102 Å². The first-order valence-electron chi connectivity index (χ1n) is 14.0. The second kappa shape index (κ2) is 13.7. The minimum Gasteiger partial charge on any atom is -0.397 e. The van der Waals surface area contributed by atoms with E-state index >= 15 is 0 Å². The van der Waals surface area contributed by atoms with Crippen molar-refractivity contribution in [2.75, 3.05) is 19.7 Å². The van der Waals surface area contributed by atoms with Gasteiger partial charge >= 0.3 is 0 Å². The number of carbonyl (C=O) groups excluding carboxylic acids is 2. The van der Waals surface area contributed by atoms with Gasteiger partial charge in [-0.25, -0.2) is 5.84 Å². The predicted molar refractivity (Wildman–Crippen MR) is 153 cm³/mol. The molecule has 7 N–H and O–H groups in total. The van der Waals surface area contributed by atoms with Crippen molar-refractivity contribution in [1.82, 2.24) is 10.5 Å². The van der Waals surface area contributed by atoms with E-state index in [1.165, 1.54) is 12.5 Å². The lowest BCUT2D eigenvalue weighted by Crippen LogP contribution is -2.44. The standard InChI is InChI=1S/C17H19NO6.C9H15NO3.C2H6O.H4N2O.H2/c1-16(2)23-12-11(22-17(3,21)13(12)24-16)8-18-14(19)9-6-4-5-7-10(9)15(18)20;1-5-7-8(6(11)4-10-5)13-9(2,3)12-7;2*1-2-3;/h4-7,11-13,21H,8H2,1-3H3;6-8,11H,4H2,1-3H3;3H,2H2,1H3;2-3H,1H2;1H/t11-,12+,13+,17?;6-,7-,8+;;;/m00.../s1/i;;;;1+1. The molecule has 7 atom stereocenters. The quantitative estimate of drug-likeness (QED) is 0.151. The number of rotatable bonds is 2. The molecule has 3 fully saturated rings. The molecule has 2 amide bonds. The van der Waals surface area contributed by atoms with Crippen LogP contribution in [-0.2, 0) is 23.7 Å². The Labute approximate surface area is 251 Å². The number of aliphatic hydroxyl groups excluding tert-OH is 2. The van der Waals surface area contributed by atoms with Crippen LogP contribution >= 0.6 is 0 Å². The number of carbonyl (C=O) groups is 2. The number of aliphatic hydroxyl groups is 3. The van der Waals surface area contributed by atoms with Gasteiger partial charge in [0.25, 0.3) is 11.8 Å². The molecule has 0 radical (unpaired) electrons. The van der Waals surface area contributed by atoms with Crippen molar-refractivity contribution in [2.24, 2.45) is 10.8 Å². The van der Waals surface area contributed by atoms with Crippen molar-refractivity contribution >= 4 is 17.5 Å². The summed E-state index contributed by atoms with van der Waals surface area (Å²) in [5.74, 6) is 0.434. The minimum absolute atomic E-state index is 0. The average molecular weight is 616 g/mol. The first kappa shape index (κ1) is 35.1. The molecular weight excluding hydrogens is 568 g/mol. The molecule has 0 aromatic heterocycles. The summed E-state index contributed by atoms with van der Waals surface area (Å²) < 4.78 is 28.4. The fourth-order valence-corrected chi connectivity index (χ4v) is 5.47. The first-order chi connectivity index (χ1) is 20.0. The van der Waals surface area contributed by atoms with E-state index in [0.29, 0.717) is 17.7 Å². The zero-order chi connectivity index (χ0) is 32.3. The summed E-state index contributed by atoms with van der Waals surface area (Å²) in [5, 5.41) is 34.7. The summed E-state index contributed by atoms with van der Waals surface area (Å²) in [4.78, 5) is 30.3. The SMILES string of the molecule is CC1(C)O[C@@H]2[C@H](CN3C(=O)c4ccccc4C3=O)OC(C)(O)[C@@H]2O1.CC1=NC[C@H](O)[C@H]2OC(C)(C)O[C@@H]12.CCO.NNO.[2HH]. The van der Waals surface area contributed by atoms with Crippen LogP contribution in [0.2, 0.25) is 0 Å². The molecule has 15 heteroatoms. The number of hydrogen-bond acceptors (Lipinski definition) is 14. The Balaban J connectivity index is 0.000000285. The van der Waals surface area contributed by atoms with E-state index in [4.69, 9.17) is 34.0 Å². The Morgan fingerprint density at radius 1 is 1.00 bits per heavy atom. The maximum atomic E-state index is 12.5. The number of nitrogens with two attached hydrogens (primary N) is 1. The zero-order valence-corrected chi connectivity index (χ0v) is 25.5. The number of fused-ring (bicyclic) bond motifs is 3. The van der Waals surface area contributed by atoms with Gasteiger partial charge in [0.2, 0.25) is 0 Å². The van der Waals surface area contributed by atoms with E-state index in [0.717, 1.165) is 10.6 Å². The largest absolute Gasteiger partial charge is 0.397 e. The third kappa shape index (κ3) is 7.82.